The largest absolute Gasteiger partial charge is 0.354 e. The lowest BCUT2D eigenvalue weighted by molar-refractivity contribution is -0.123. The van der Waals surface area contributed by atoms with Gasteiger partial charge in [0.05, 0.1) is 0 Å². The quantitative estimate of drug-likeness (QED) is 0.798. The highest BCUT2D eigenvalue weighted by Gasteiger charge is 2.40. The van der Waals surface area contributed by atoms with Crippen LogP contribution in [0.15, 0.2) is 0 Å². The molecule has 24 heavy (non-hydrogen) atoms. The van der Waals surface area contributed by atoms with Gasteiger partial charge in [-0.1, -0.05) is 12.8 Å². The van der Waals surface area contributed by atoms with Gasteiger partial charge in [-0.15, -0.1) is 0 Å². The zero-order valence-corrected chi connectivity index (χ0v) is 15.7. The van der Waals surface area contributed by atoms with Gasteiger partial charge in [-0.05, 0) is 44.4 Å². The summed E-state index contributed by atoms with van der Waals surface area (Å²) < 4.78 is 0. The van der Waals surface area contributed by atoms with Gasteiger partial charge in [0, 0.05) is 55.2 Å². The SMILES string of the molecule is O=C(CC1CC2CCC(C1)N2)NCC1(N2CCSCC2)CCCC1. The third kappa shape index (κ3) is 3.78. The van der Waals surface area contributed by atoms with Crippen molar-refractivity contribution < 1.29 is 4.79 Å². The van der Waals surface area contributed by atoms with E-state index < -0.39 is 0 Å². The molecule has 4 nitrogen and oxygen atoms in total. The summed E-state index contributed by atoms with van der Waals surface area (Å²) in [5.41, 5.74) is 0.268. The predicted octanol–water partition coefficient (Wildman–Crippen LogP) is 2.38. The minimum atomic E-state index is 0.268. The molecule has 4 fully saturated rings. The lowest BCUT2D eigenvalue weighted by atomic mass is 9.89. The fourth-order valence-corrected chi connectivity index (χ4v) is 6.52. The molecule has 0 aromatic rings. The molecule has 3 heterocycles. The molecular formula is C19H33N3OS. The van der Waals surface area contributed by atoms with Crippen LogP contribution in [0.5, 0.6) is 0 Å². The Hall–Kier alpha value is -0.260. The van der Waals surface area contributed by atoms with Crippen molar-refractivity contribution in [2.24, 2.45) is 5.92 Å². The number of nitrogens with one attached hydrogen (secondary N) is 2. The Bertz CT molecular complexity index is 434. The second-order valence-corrected chi connectivity index (χ2v) is 9.71. The predicted molar refractivity (Wildman–Crippen MR) is 100 cm³/mol. The molecule has 4 aliphatic rings. The Morgan fingerprint density at radius 1 is 1.12 bits per heavy atom. The number of amides is 1. The number of thioether (sulfide) groups is 1. The molecule has 5 heteroatoms. The number of hydrogen-bond donors (Lipinski definition) is 2. The summed E-state index contributed by atoms with van der Waals surface area (Å²) in [6.45, 7) is 3.30. The topological polar surface area (TPSA) is 44.4 Å². The van der Waals surface area contributed by atoms with Crippen LogP contribution in [0.2, 0.25) is 0 Å². The first kappa shape index (κ1) is 17.2. The van der Waals surface area contributed by atoms with Crippen LogP contribution in [0.25, 0.3) is 0 Å². The molecule has 1 aliphatic carbocycles. The van der Waals surface area contributed by atoms with E-state index in [4.69, 9.17) is 0 Å². The van der Waals surface area contributed by atoms with E-state index in [0.29, 0.717) is 23.9 Å². The first-order valence-electron chi connectivity index (χ1n) is 10.1. The average molecular weight is 352 g/mol. The summed E-state index contributed by atoms with van der Waals surface area (Å²) in [5, 5.41) is 7.03. The van der Waals surface area contributed by atoms with Gasteiger partial charge in [0.25, 0.3) is 0 Å². The van der Waals surface area contributed by atoms with Crippen molar-refractivity contribution in [3.63, 3.8) is 0 Å². The number of carbonyl (C=O) groups excluding carboxylic acids is 1. The normalized spacial score (nSPS) is 35.9. The summed E-state index contributed by atoms with van der Waals surface area (Å²) in [5.74, 6) is 3.43. The van der Waals surface area contributed by atoms with Gasteiger partial charge in [-0.3, -0.25) is 9.69 Å². The van der Waals surface area contributed by atoms with Gasteiger partial charge in [0.1, 0.15) is 0 Å². The van der Waals surface area contributed by atoms with Crippen molar-refractivity contribution in [1.29, 1.82) is 0 Å². The Morgan fingerprint density at radius 3 is 2.46 bits per heavy atom. The van der Waals surface area contributed by atoms with E-state index in [1.807, 2.05) is 0 Å². The number of hydrogen-bond acceptors (Lipinski definition) is 4. The van der Waals surface area contributed by atoms with Crippen LogP contribution in [0.4, 0.5) is 0 Å². The summed E-state index contributed by atoms with van der Waals surface area (Å²) in [6, 6.07) is 1.38. The van der Waals surface area contributed by atoms with Gasteiger partial charge < -0.3 is 10.6 Å². The number of nitrogens with zero attached hydrogens (tertiary/aromatic N) is 1. The van der Waals surface area contributed by atoms with E-state index in [-0.39, 0.29) is 5.54 Å². The zero-order valence-electron chi connectivity index (χ0n) is 14.9. The summed E-state index contributed by atoms with van der Waals surface area (Å²) in [6.07, 6.45) is 11.0. The highest BCUT2D eigenvalue weighted by Crippen LogP contribution is 2.36. The molecular weight excluding hydrogens is 318 g/mol. The van der Waals surface area contributed by atoms with Crippen LogP contribution in [-0.4, -0.2) is 59.6 Å². The summed E-state index contributed by atoms with van der Waals surface area (Å²) in [7, 11) is 0. The number of fused-ring (bicyclic) bond motifs is 2. The fourth-order valence-electron chi connectivity index (χ4n) is 5.61. The molecule has 2 atom stereocenters. The monoisotopic (exact) mass is 351 g/mol. The molecule has 0 aromatic carbocycles. The Morgan fingerprint density at radius 2 is 1.79 bits per heavy atom. The van der Waals surface area contributed by atoms with Gasteiger partial charge in [0.2, 0.25) is 5.91 Å². The summed E-state index contributed by atoms with van der Waals surface area (Å²) in [4.78, 5) is 15.3. The van der Waals surface area contributed by atoms with E-state index >= 15 is 0 Å². The molecule has 0 aromatic heterocycles. The van der Waals surface area contributed by atoms with Crippen LogP contribution in [0.3, 0.4) is 0 Å². The minimum absolute atomic E-state index is 0.268. The van der Waals surface area contributed by atoms with Crippen LogP contribution in [-0.2, 0) is 4.79 Å². The maximum atomic E-state index is 12.6. The molecule has 4 rings (SSSR count). The van der Waals surface area contributed by atoms with Crippen molar-refractivity contribution in [2.45, 2.75) is 75.4 Å². The first-order chi connectivity index (χ1) is 11.7. The number of carbonyl (C=O) groups is 1. The van der Waals surface area contributed by atoms with Gasteiger partial charge in [-0.25, -0.2) is 0 Å². The Kier molecular flexibility index (Phi) is 5.40. The van der Waals surface area contributed by atoms with Crippen molar-refractivity contribution in [1.82, 2.24) is 15.5 Å². The van der Waals surface area contributed by atoms with Crippen LogP contribution < -0.4 is 10.6 Å². The third-order valence-corrected chi connectivity index (χ3v) is 7.82. The lowest BCUT2D eigenvalue weighted by Crippen LogP contribution is -2.56. The van der Waals surface area contributed by atoms with Crippen LogP contribution in [0.1, 0.15) is 57.8 Å². The molecule has 3 aliphatic heterocycles. The average Bonchev–Trinajstić information content (AvgIpc) is 3.21. The molecule has 3 saturated heterocycles. The maximum Gasteiger partial charge on any atom is 0.220 e. The first-order valence-corrected chi connectivity index (χ1v) is 11.2. The van der Waals surface area contributed by atoms with Crippen molar-refractivity contribution in [2.75, 3.05) is 31.1 Å². The van der Waals surface area contributed by atoms with E-state index in [0.717, 1.165) is 13.0 Å². The minimum Gasteiger partial charge on any atom is -0.354 e. The molecule has 0 radical (unpaired) electrons. The van der Waals surface area contributed by atoms with Crippen LogP contribution >= 0.6 is 11.8 Å². The van der Waals surface area contributed by atoms with Gasteiger partial charge >= 0.3 is 0 Å². The van der Waals surface area contributed by atoms with Gasteiger partial charge in [0.15, 0.2) is 0 Å². The lowest BCUT2D eigenvalue weighted by Gasteiger charge is -2.43. The zero-order chi connectivity index (χ0) is 16.4. The standard InChI is InChI=1S/C19H33N3OS/c23-18(13-15-11-16-3-4-17(12-15)21-16)20-14-19(5-1-2-6-19)22-7-9-24-10-8-22/h15-17,21H,1-14H2,(H,20,23). The number of rotatable bonds is 5. The maximum absolute atomic E-state index is 12.6. The highest BCUT2D eigenvalue weighted by molar-refractivity contribution is 7.99. The summed E-state index contributed by atoms with van der Waals surface area (Å²) >= 11 is 2.08. The molecule has 136 valence electrons. The highest BCUT2D eigenvalue weighted by atomic mass is 32.2. The van der Waals surface area contributed by atoms with E-state index in [1.54, 1.807) is 0 Å². The smallest absolute Gasteiger partial charge is 0.220 e. The van der Waals surface area contributed by atoms with Crippen molar-refractivity contribution >= 4 is 17.7 Å². The Labute approximate surface area is 150 Å². The van der Waals surface area contributed by atoms with E-state index in [1.165, 1.54) is 76.0 Å². The van der Waals surface area contributed by atoms with Gasteiger partial charge in [-0.2, -0.15) is 11.8 Å². The molecule has 1 amide bonds. The second-order valence-electron chi connectivity index (χ2n) is 8.49. The second kappa shape index (κ2) is 7.55. The fraction of sp³-hybridized carbons (Fsp3) is 0.947. The molecule has 0 spiro atoms. The molecule has 2 N–H and O–H groups in total. The molecule has 1 saturated carbocycles. The molecule has 2 unspecified atom stereocenters. The Balaban J connectivity index is 1.28. The third-order valence-electron chi connectivity index (χ3n) is 6.88. The number of piperidine rings is 1. The van der Waals surface area contributed by atoms with E-state index in [9.17, 15) is 4.79 Å². The van der Waals surface area contributed by atoms with Crippen LogP contribution in [0, 0.1) is 5.92 Å². The van der Waals surface area contributed by atoms with Crippen molar-refractivity contribution in [3.05, 3.63) is 0 Å². The van der Waals surface area contributed by atoms with Crippen molar-refractivity contribution in [3.8, 4) is 0 Å². The molecule has 2 bridgehead atoms. The van der Waals surface area contributed by atoms with E-state index in [2.05, 4.69) is 27.3 Å².